The van der Waals surface area contributed by atoms with Crippen LogP contribution in [0.5, 0.6) is 0 Å². The zero-order valence-electron chi connectivity index (χ0n) is 12.5. The maximum atomic E-state index is 6.13. The van der Waals surface area contributed by atoms with Crippen LogP contribution in [0.25, 0.3) is 0 Å². The van der Waals surface area contributed by atoms with Crippen LogP contribution in [-0.2, 0) is 0 Å². The fraction of sp³-hybridized carbons (Fsp3) is 0.0625. The van der Waals surface area contributed by atoms with Crippen molar-refractivity contribution >= 4 is 57.9 Å². The van der Waals surface area contributed by atoms with Gasteiger partial charge in [-0.15, -0.1) is 5.10 Å². The Labute approximate surface area is 154 Å². The molecule has 5 nitrogen and oxygen atoms in total. The van der Waals surface area contributed by atoms with Crippen LogP contribution in [0.3, 0.4) is 0 Å². The van der Waals surface area contributed by atoms with Gasteiger partial charge in [-0.05, 0) is 36.8 Å². The second-order valence-corrected chi connectivity index (χ2v) is 6.20. The van der Waals surface area contributed by atoms with Crippen molar-refractivity contribution in [1.82, 2.24) is 15.2 Å². The predicted molar refractivity (Wildman–Crippen MR) is 99.0 cm³/mol. The Morgan fingerprint density at radius 2 is 1.67 bits per heavy atom. The third-order valence-electron chi connectivity index (χ3n) is 3.20. The van der Waals surface area contributed by atoms with Crippen LogP contribution in [-0.4, -0.2) is 15.2 Å². The largest absolute Gasteiger partial charge is 0.339 e. The van der Waals surface area contributed by atoms with Crippen molar-refractivity contribution in [2.24, 2.45) is 0 Å². The number of benzene rings is 2. The summed E-state index contributed by atoms with van der Waals surface area (Å²) in [4.78, 5) is 4.34. The van der Waals surface area contributed by atoms with Gasteiger partial charge in [0, 0.05) is 10.7 Å². The molecule has 122 valence electrons. The Balaban J connectivity index is 1.82. The molecule has 1 heterocycles. The lowest BCUT2D eigenvalue weighted by Gasteiger charge is -2.10. The highest BCUT2D eigenvalue weighted by Crippen LogP contribution is 2.31. The molecule has 0 aliphatic heterocycles. The monoisotopic (exact) mass is 379 g/mol. The zero-order valence-corrected chi connectivity index (χ0v) is 14.8. The first-order chi connectivity index (χ1) is 11.5. The first kappa shape index (κ1) is 16.8. The molecular weight excluding hydrogens is 369 g/mol. The van der Waals surface area contributed by atoms with Crippen LogP contribution in [0.15, 0.2) is 42.6 Å². The summed E-state index contributed by atoms with van der Waals surface area (Å²) >= 11 is 18.4. The lowest BCUT2D eigenvalue weighted by Crippen LogP contribution is -2.03. The molecule has 0 amide bonds. The molecule has 0 spiro atoms. The van der Waals surface area contributed by atoms with E-state index in [0.29, 0.717) is 26.6 Å². The highest BCUT2D eigenvalue weighted by molar-refractivity contribution is 6.39. The van der Waals surface area contributed by atoms with E-state index in [1.807, 2.05) is 25.1 Å². The van der Waals surface area contributed by atoms with E-state index in [1.54, 1.807) is 18.2 Å². The van der Waals surface area contributed by atoms with Gasteiger partial charge in [0.1, 0.15) is 0 Å². The summed E-state index contributed by atoms with van der Waals surface area (Å²) in [5.41, 5.74) is 2.32. The SMILES string of the molecule is Cc1ccc(Nc2cnnc(Nc3c(Cl)cccc3Cl)n2)cc1Cl. The highest BCUT2D eigenvalue weighted by atomic mass is 35.5. The molecule has 0 fully saturated rings. The van der Waals surface area contributed by atoms with Gasteiger partial charge in [-0.3, -0.25) is 0 Å². The van der Waals surface area contributed by atoms with Crippen molar-refractivity contribution < 1.29 is 0 Å². The van der Waals surface area contributed by atoms with E-state index in [1.165, 1.54) is 6.20 Å². The molecule has 0 unspecified atom stereocenters. The molecule has 0 aliphatic carbocycles. The third kappa shape index (κ3) is 3.87. The van der Waals surface area contributed by atoms with Gasteiger partial charge in [0.25, 0.3) is 0 Å². The summed E-state index contributed by atoms with van der Waals surface area (Å²) < 4.78 is 0. The van der Waals surface area contributed by atoms with E-state index in [9.17, 15) is 0 Å². The number of nitrogens with one attached hydrogen (secondary N) is 2. The summed E-state index contributed by atoms with van der Waals surface area (Å²) in [6.45, 7) is 1.94. The van der Waals surface area contributed by atoms with Crippen LogP contribution in [0.4, 0.5) is 23.1 Å². The van der Waals surface area contributed by atoms with E-state index < -0.39 is 0 Å². The predicted octanol–water partition coefficient (Wildman–Crippen LogP) is 5.63. The highest BCUT2D eigenvalue weighted by Gasteiger charge is 2.08. The first-order valence-corrected chi connectivity index (χ1v) is 8.10. The van der Waals surface area contributed by atoms with Gasteiger partial charge in [-0.2, -0.15) is 10.1 Å². The standard InChI is InChI=1S/C16H12Cl3N5/c1-9-5-6-10(7-13(9)19)21-14-8-20-24-16(22-14)23-15-11(17)3-2-4-12(15)18/h2-8H,1H3,(H2,21,22,23,24). The number of hydrogen-bond acceptors (Lipinski definition) is 5. The van der Waals surface area contributed by atoms with Crippen molar-refractivity contribution in [3.8, 4) is 0 Å². The maximum absolute atomic E-state index is 6.13. The quantitative estimate of drug-likeness (QED) is 0.614. The number of halogens is 3. The lowest BCUT2D eigenvalue weighted by atomic mass is 10.2. The molecule has 0 saturated carbocycles. The summed E-state index contributed by atoms with van der Waals surface area (Å²) in [6.07, 6.45) is 1.51. The Morgan fingerprint density at radius 3 is 2.38 bits per heavy atom. The van der Waals surface area contributed by atoms with Gasteiger partial charge >= 0.3 is 0 Å². The number of aromatic nitrogens is 3. The molecule has 1 aromatic heterocycles. The molecule has 24 heavy (non-hydrogen) atoms. The second kappa shape index (κ2) is 7.21. The molecule has 0 saturated heterocycles. The number of hydrogen-bond donors (Lipinski definition) is 2. The maximum Gasteiger partial charge on any atom is 0.249 e. The zero-order chi connectivity index (χ0) is 17.1. The minimum Gasteiger partial charge on any atom is -0.339 e. The molecule has 0 radical (unpaired) electrons. The van der Waals surface area contributed by atoms with E-state index in [-0.39, 0.29) is 5.95 Å². The Kier molecular flexibility index (Phi) is 5.04. The van der Waals surface area contributed by atoms with Gasteiger partial charge in [0.2, 0.25) is 5.95 Å². The topological polar surface area (TPSA) is 62.7 Å². The fourth-order valence-corrected chi connectivity index (χ4v) is 2.64. The van der Waals surface area contributed by atoms with Crippen molar-refractivity contribution in [1.29, 1.82) is 0 Å². The second-order valence-electron chi connectivity index (χ2n) is 4.98. The normalized spacial score (nSPS) is 10.5. The van der Waals surface area contributed by atoms with E-state index in [0.717, 1.165) is 11.3 Å². The minimum atomic E-state index is 0.271. The van der Waals surface area contributed by atoms with E-state index in [2.05, 4.69) is 25.8 Å². The molecular formula is C16H12Cl3N5. The number of para-hydroxylation sites is 1. The number of anilines is 4. The third-order valence-corrected chi connectivity index (χ3v) is 4.24. The molecule has 3 aromatic rings. The average molecular weight is 381 g/mol. The van der Waals surface area contributed by atoms with Crippen molar-refractivity contribution in [3.63, 3.8) is 0 Å². The number of aryl methyl sites for hydroxylation is 1. The van der Waals surface area contributed by atoms with Crippen LogP contribution in [0, 0.1) is 6.92 Å². The fourth-order valence-electron chi connectivity index (χ4n) is 1.96. The van der Waals surface area contributed by atoms with Gasteiger partial charge in [-0.1, -0.05) is 46.9 Å². The average Bonchev–Trinajstić information content (AvgIpc) is 2.55. The molecule has 0 aliphatic rings. The molecule has 0 atom stereocenters. The van der Waals surface area contributed by atoms with Crippen molar-refractivity contribution in [3.05, 3.63) is 63.2 Å². The van der Waals surface area contributed by atoms with Crippen LogP contribution >= 0.6 is 34.8 Å². The van der Waals surface area contributed by atoms with E-state index in [4.69, 9.17) is 34.8 Å². The first-order valence-electron chi connectivity index (χ1n) is 6.97. The smallest absolute Gasteiger partial charge is 0.249 e. The minimum absolute atomic E-state index is 0.271. The van der Waals surface area contributed by atoms with Crippen LogP contribution in [0.1, 0.15) is 5.56 Å². The van der Waals surface area contributed by atoms with E-state index >= 15 is 0 Å². The Bertz CT molecular complexity index is 865. The molecule has 8 heteroatoms. The van der Waals surface area contributed by atoms with Crippen molar-refractivity contribution in [2.75, 3.05) is 10.6 Å². The van der Waals surface area contributed by atoms with Crippen LogP contribution in [0.2, 0.25) is 15.1 Å². The number of rotatable bonds is 4. The van der Waals surface area contributed by atoms with Gasteiger partial charge in [-0.25, -0.2) is 0 Å². The number of nitrogens with zero attached hydrogens (tertiary/aromatic N) is 3. The molecule has 2 aromatic carbocycles. The summed E-state index contributed by atoms with van der Waals surface area (Å²) in [5.74, 6) is 0.781. The lowest BCUT2D eigenvalue weighted by molar-refractivity contribution is 0.982. The van der Waals surface area contributed by atoms with Gasteiger partial charge in [0.15, 0.2) is 5.82 Å². The molecule has 3 rings (SSSR count). The van der Waals surface area contributed by atoms with Gasteiger partial charge < -0.3 is 10.6 Å². The summed E-state index contributed by atoms with van der Waals surface area (Å²) in [6, 6.07) is 10.8. The Morgan fingerprint density at radius 1 is 0.917 bits per heavy atom. The Hall–Kier alpha value is -2.08. The molecule has 0 bridgehead atoms. The summed E-state index contributed by atoms with van der Waals surface area (Å²) in [5, 5.41) is 15.6. The van der Waals surface area contributed by atoms with Crippen LogP contribution < -0.4 is 10.6 Å². The summed E-state index contributed by atoms with van der Waals surface area (Å²) in [7, 11) is 0. The van der Waals surface area contributed by atoms with Crippen molar-refractivity contribution in [2.45, 2.75) is 6.92 Å². The van der Waals surface area contributed by atoms with Gasteiger partial charge in [0.05, 0.1) is 21.9 Å². The molecule has 2 N–H and O–H groups in total.